The van der Waals surface area contributed by atoms with Gasteiger partial charge in [0.05, 0.1) is 5.56 Å². The number of anilines is 3. The molecule has 0 spiro atoms. The van der Waals surface area contributed by atoms with Crippen LogP contribution in [0.4, 0.5) is 30.8 Å². The first-order valence-electron chi connectivity index (χ1n) is 12.2. The number of benzene rings is 1. The number of alkyl halides is 3. The number of likely N-dealkylation sites (N-methyl/N-ethyl adjacent to an activating group) is 2. The van der Waals surface area contributed by atoms with Gasteiger partial charge >= 0.3 is 6.18 Å². The molecule has 3 rings (SSSR count). The molecule has 198 valence electrons. The third kappa shape index (κ3) is 7.71. The van der Waals surface area contributed by atoms with Crippen molar-refractivity contribution in [1.29, 1.82) is 0 Å². The molecule has 1 aromatic carbocycles. The molecule has 1 aromatic heterocycles. The standard InChI is InChI=1S/C25H36F3N7O/c1-29-21-15-22(35(4)14-13-34(2)3)33-24(32-21)31-19-11-9-17(10-12-19)23(36)30-16-18-7-5-6-8-20(18)25(26,27)28/h5-8,15,17,19H,9-14,16H2,1-4H3,(H,30,36)(H2,29,31,32,33)/t17-,19+. The number of aromatic nitrogens is 2. The number of nitrogens with zero attached hydrogens (tertiary/aromatic N) is 4. The van der Waals surface area contributed by atoms with E-state index in [1.807, 2.05) is 34.3 Å². The highest BCUT2D eigenvalue weighted by Crippen LogP contribution is 2.32. The average molecular weight is 508 g/mol. The fraction of sp³-hybridized carbons (Fsp3) is 0.560. The lowest BCUT2D eigenvalue weighted by atomic mass is 9.85. The number of halogens is 3. The minimum absolute atomic E-state index is 0.0709. The molecule has 1 saturated carbocycles. The highest BCUT2D eigenvalue weighted by molar-refractivity contribution is 5.78. The summed E-state index contributed by atoms with van der Waals surface area (Å²) in [5.41, 5.74) is -0.643. The summed E-state index contributed by atoms with van der Waals surface area (Å²) in [7, 11) is 7.86. The van der Waals surface area contributed by atoms with Crippen molar-refractivity contribution in [1.82, 2.24) is 20.2 Å². The van der Waals surface area contributed by atoms with E-state index in [0.29, 0.717) is 24.6 Å². The van der Waals surface area contributed by atoms with Gasteiger partial charge in [-0.05, 0) is 51.4 Å². The summed E-state index contributed by atoms with van der Waals surface area (Å²) in [6.07, 6.45) is -1.66. The van der Waals surface area contributed by atoms with Crippen molar-refractivity contribution in [2.75, 3.05) is 56.8 Å². The van der Waals surface area contributed by atoms with Crippen molar-refractivity contribution in [3.63, 3.8) is 0 Å². The van der Waals surface area contributed by atoms with Gasteiger partial charge in [-0.1, -0.05) is 18.2 Å². The minimum atomic E-state index is -4.45. The third-order valence-electron chi connectivity index (χ3n) is 6.45. The van der Waals surface area contributed by atoms with Crippen molar-refractivity contribution in [3.05, 3.63) is 41.5 Å². The van der Waals surface area contributed by atoms with Crippen LogP contribution in [0.1, 0.15) is 36.8 Å². The lowest BCUT2D eigenvalue weighted by Crippen LogP contribution is -2.36. The molecule has 0 radical (unpaired) electrons. The number of carbonyl (C=O) groups is 1. The molecule has 1 heterocycles. The van der Waals surface area contributed by atoms with Gasteiger partial charge in [0.1, 0.15) is 11.6 Å². The van der Waals surface area contributed by atoms with E-state index in [9.17, 15) is 18.0 Å². The van der Waals surface area contributed by atoms with E-state index in [-0.39, 0.29) is 30.0 Å². The van der Waals surface area contributed by atoms with Gasteiger partial charge in [-0.25, -0.2) is 0 Å². The van der Waals surface area contributed by atoms with Crippen molar-refractivity contribution >= 4 is 23.5 Å². The van der Waals surface area contributed by atoms with Crippen molar-refractivity contribution in [2.24, 2.45) is 5.92 Å². The van der Waals surface area contributed by atoms with E-state index in [4.69, 9.17) is 0 Å². The van der Waals surface area contributed by atoms with Crippen LogP contribution < -0.4 is 20.9 Å². The summed E-state index contributed by atoms with van der Waals surface area (Å²) < 4.78 is 39.6. The smallest absolute Gasteiger partial charge is 0.373 e. The van der Waals surface area contributed by atoms with Crippen LogP contribution >= 0.6 is 0 Å². The van der Waals surface area contributed by atoms with E-state index >= 15 is 0 Å². The maximum absolute atomic E-state index is 13.2. The first-order valence-corrected chi connectivity index (χ1v) is 12.2. The highest BCUT2D eigenvalue weighted by atomic mass is 19.4. The van der Waals surface area contributed by atoms with Gasteiger partial charge in [-0.3, -0.25) is 4.79 Å². The monoisotopic (exact) mass is 507 g/mol. The van der Waals surface area contributed by atoms with Crippen molar-refractivity contribution in [2.45, 2.75) is 44.4 Å². The third-order valence-corrected chi connectivity index (χ3v) is 6.45. The molecular weight excluding hydrogens is 471 g/mol. The molecule has 3 N–H and O–H groups in total. The topological polar surface area (TPSA) is 85.4 Å². The first kappa shape index (κ1) is 27.5. The molecule has 0 aliphatic heterocycles. The molecule has 11 heteroatoms. The number of hydrogen-bond donors (Lipinski definition) is 3. The zero-order valence-corrected chi connectivity index (χ0v) is 21.3. The molecule has 1 amide bonds. The van der Waals surface area contributed by atoms with E-state index in [2.05, 4.69) is 35.7 Å². The molecule has 0 bridgehead atoms. The summed E-state index contributed by atoms with van der Waals surface area (Å²) in [5, 5.41) is 9.18. The Hall–Kier alpha value is -3.08. The largest absolute Gasteiger partial charge is 0.416 e. The molecular formula is C25H36F3N7O. The van der Waals surface area contributed by atoms with Crippen LogP contribution in [0.5, 0.6) is 0 Å². The van der Waals surface area contributed by atoms with Crippen molar-refractivity contribution in [3.8, 4) is 0 Å². The summed E-state index contributed by atoms with van der Waals surface area (Å²) in [5.74, 6) is 1.63. The number of amides is 1. The molecule has 0 atom stereocenters. The lowest BCUT2D eigenvalue weighted by Gasteiger charge is -2.29. The molecule has 2 aromatic rings. The van der Waals surface area contributed by atoms with Gasteiger partial charge in [-0.2, -0.15) is 23.1 Å². The van der Waals surface area contributed by atoms with Crippen LogP contribution in [0.25, 0.3) is 0 Å². The van der Waals surface area contributed by atoms with E-state index in [1.165, 1.54) is 12.1 Å². The quantitative estimate of drug-likeness (QED) is 0.451. The molecule has 36 heavy (non-hydrogen) atoms. The molecule has 0 saturated heterocycles. The van der Waals surface area contributed by atoms with E-state index < -0.39 is 11.7 Å². The normalized spacial score (nSPS) is 18.1. The van der Waals surface area contributed by atoms with Gasteiger partial charge in [0.2, 0.25) is 11.9 Å². The zero-order valence-electron chi connectivity index (χ0n) is 21.3. The summed E-state index contributed by atoms with van der Waals surface area (Å²) in [6.45, 7) is 1.58. The van der Waals surface area contributed by atoms with Gasteiger partial charge in [0, 0.05) is 51.8 Å². The van der Waals surface area contributed by atoms with Crippen LogP contribution in [-0.2, 0) is 17.5 Å². The van der Waals surface area contributed by atoms with Crippen LogP contribution in [0.3, 0.4) is 0 Å². The molecule has 1 fully saturated rings. The Balaban J connectivity index is 1.54. The Morgan fingerprint density at radius 2 is 1.75 bits per heavy atom. The highest BCUT2D eigenvalue weighted by Gasteiger charge is 2.33. The maximum atomic E-state index is 13.2. The number of carbonyl (C=O) groups excluding carboxylic acids is 1. The second-order valence-corrected chi connectivity index (χ2v) is 9.48. The van der Waals surface area contributed by atoms with Crippen molar-refractivity contribution < 1.29 is 18.0 Å². The fourth-order valence-electron chi connectivity index (χ4n) is 4.25. The van der Waals surface area contributed by atoms with Crippen LogP contribution in [0.2, 0.25) is 0 Å². The number of rotatable bonds is 10. The lowest BCUT2D eigenvalue weighted by molar-refractivity contribution is -0.138. The summed E-state index contributed by atoms with van der Waals surface area (Å²) in [6, 6.07) is 7.35. The zero-order chi connectivity index (χ0) is 26.3. The number of hydrogen-bond acceptors (Lipinski definition) is 7. The average Bonchev–Trinajstić information content (AvgIpc) is 2.85. The second kappa shape index (κ2) is 12.2. The molecule has 1 aliphatic carbocycles. The summed E-state index contributed by atoms with van der Waals surface area (Å²) >= 11 is 0. The van der Waals surface area contributed by atoms with Gasteiger partial charge in [0.15, 0.2) is 0 Å². The van der Waals surface area contributed by atoms with Gasteiger partial charge in [0.25, 0.3) is 0 Å². The van der Waals surface area contributed by atoms with Gasteiger partial charge < -0.3 is 25.8 Å². The fourth-order valence-corrected chi connectivity index (χ4v) is 4.25. The van der Waals surface area contributed by atoms with Crippen LogP contribution in [0.15, 0.2) is 30.3 Å². The Bertz CT molecular complexity index is 1010. The minimum Gasteiger partial charge on any atom is -0.373 e. The SMILES string of the molecule is CNc1cc(N(C)CCN(C)C)nc(N[C@H]2CC[C@@H](C(=O)NCc3ccccc3C(F)(F)F)CC2)n1. The second-order valence-electron chi connectivity index (χ2n) is 9.48. The van der Waals surface area contributed by atoms with E-state index in [1.54, 1.807) is 6.07 Å². The Morgan fingerprint density at radius 3 is 2.39 bits per heavy atom. The Morgan fingerprint density at radius 1 is 1.06 bits per heavy atom. The Labute approximate surface area is 210 Å². The van der Waals surface area contributed by atoms with Crippen LogP contribution in [0, 0.1) is 5.92 Å². The first-order chi connectivity index (χ1) is 17.1. The Kier molecular flexibility index (Phi) is 9.36. The summed E-state index contributed by atoms with van der Waals surface area (Å²) in [4.78, 5) is 26.0. The molecule has 0 unspecified atom stereocenters. The maximum Gasteiger partial charge on any atom is 0.416 e. The number of nitrogens with one attached hydrogen (secondary N) is 3. The molecule has 1 aliphatic rings. The van der Waals surface area contributed by atoms with Crippen LogP contribution in [-0.4, -0.2) is 68.1 Å². The van der Waals surface area contributed by atoms with Gasteiger partial charge in [-0.15, -0.1) is 0 Å². The predicted molar refractivity (Wildman–Crippen MR) is 136 cm³/mol. The predicted octanol–water partition coefficient (Wildman–Crippen LogP) is 3.82. The van der Waals surface area contributed by atoms with E-state index in [0.717, 1.165) is 37.8 Å². The molecule has 8 nitrogen and oxygen atoms in total.